The number of ether oxygens (including phenoxy) is 1. The molecule has 2 N–H and O–H groups in total. The maximum absolute atomic E-state index is 6.04. The highest BCUT2D eigenvalue weighted by molar-refractivity contribution is 6.29. The highest BCUT2D eigenvalue weighted by Crippen LogP contribution is 2.30. The van der Waals surface area contributed by atoms with Gasteiger partial charge in [-0.2, -0.15) is 0 Å². The average Bonchev–Trinajstić information content (AvgIpc) is 2.26. The second-order valence-electron chi connectivity index (χ2n) is 4.17. The van der Waals surface area contributed by atoms with Crippen LogP contribution in [0, 0.1) is 0 Å². The first-order valence-corrected chi connectivity index (χ1v) is 5.89. The molecular weight excluding hydrogens is 222 g/mol. The molecular formula is C13H16ClNO. The van der Waals surface area contributed by atoms with Crippen LogP contribution in [-0.4, -0.2) is 6.61 Å². The first-order valence-electron chi connectivity index (χ1n) is 5.51. The zero-order valence-electron chi connectivity index (χ0n) is 9.21. The molecule has 0 aromatic heterocycles. The van der Waals surface area contributed by atoms with Crippen LogP contribution in [-0.2, 0) is 6.42 Å². The summed E-state index contributed by atoms with van der Waals surface area (Å²) >= 11 is 5.65. The van der Waals surface area contributed by atoms with Crippen molar-refractivity contribution in [3.8, 4) is 5.75 Å². The maximum atomic E-state index is 6.04. The van der Waals surface area contributed by atoms with Crippen LogP contribution in [0.5, 0.6) is 5.75 Å². The SMILES string of the molecule is C=C(Cl)COc1ccc2c(c1)CCCC2N. The maximum Gasteiger partial charge on any atom is 0.123 e. The van der Waals surface area contributed by atoms with Crippen LogP contribution in [0.4, 0.5) is 0 Å². The summed E-state index contributed by atoms with van der Waals surface area (Å²) in [7, 11) is 0. The first-order chi connectivity index (χ1) is 7.66. The van der Waals surface area contributed by atoms with Crippen molar-refractivity contribution in [3.63, 3.8) is 0 Å². The number of fused-ring (bicyclic) bond motifs is 1. The predicted molar refractivity (Wildman–Crippen MR) is 66.8 cm³/mol. The largest absolute Gasteiger partial charge is 0.488 e. The number of halogens is 1. The third-order valence-corrected chi connectivity index (χ3v) is 2.98. The van der Waals surface area contributed by atoms with Gasteiger partial charge in [0.25, 0.3) is 0 Å². The molecule has 1 aliphatic rings. The Morgan fingerprint density at radius 1 is 1.56 bits per heavy atom. The van der Waals surface area contributed by atoms with Crippen molar-refractivity contribution in [1.82, 2.24) is 0 Å². The van der Waals surface area contributed by atoms with E-state index in [2.05, 4.69) is 18.7 Å². The summed E-state index contributed by atoms with van der Waals surface area (Å²) in [5.74, 6) is 0.842. The molecule has 1 aliphatic carbocycles. The molecule has 86 valence electrons. The van der Waals surface area contributed by atoms with Gasteiger partial charge in [0.1, 0.15) is 12.4 Å². The molecule has 2 rings (SSSR count). The molecule has 0 heterocycles. The van der Waals surface area contributed by atoms with Gasteiger partial charge in [0.05, 0.1) is 0 Å². The Balaban J connectivity index is 2.15. The number of hydrogen-bond donors (Lipinski definition) is 1. The summed E-state index contributed by atoms with van der Waals surface area (Å²) in [4.78, 5) is 0. The predicted octanol–water partition coefficient (Wildman–Crippen LogP) is 3.15. The summed E-state index contributed by atoms with van der Waals surface area (Å²) in [6.07, 6.45) is 3.31. The summed E-state index contributed by atoms with van der Waals surface area (Å²) in [6.45, 7) is 3.94. The van der Waals surface area contributed by atoms with E-state index in [9.17, 15) is 0 Å². The van der Waals surface area contributed by atoms with Crippen molar-refractivity contribution >= 4 is 11.6 Å². The van der Waals surface area contributed by atoms with Crippen molar-refractivity contribution in [2.45, 2.75) is 25.3 Å². The van der Waals surface area contributed by atoms with E-state index in [-0.39, 0.29) is 6.04 Å². The molecule has 3 heteroatoms. The average molecular weight is 238 g/mol. The van der Waals surface area contributed by atoms with E-state index in [1.165, 1.54) is 11.1 Å². The van der Waals surface area contributed by atoms with Crippen LogP contribution < -0.4 is 10.5 Å². The molecule has 2 nitrogen and oxygen atoms in total. The fraction of sp³-hybridized carbons (Fsp3) is 0.385. The van der Waals surface area contributed by atoms with Gasteiger partial charge < -0.3 is 10.5 Å². The standard InChI is InChI=1S/C13H16ClNO/c1-9(14)8-16-11-5-6-12-10(7-11)3-2-4-13(12)15/h5-7,13H,1-4,8,15H2. The van der Waals surface area contributed by atoms with Gasteiger partial charge in [-0.05, 0) is 42.5 Å². The van der Waals surface area contributed by atoms with Crippen molar-refractivity contribution in [3.05, 3.63) is 40.9 Å². The quantitative estimate of drug-likeness (QED) is 0.877. The van der Waals surface area contributed by atoms with Gasteiger partial charge in [0.2, 0.25) is 0 Å². The number of hydrogen-bond acceptors (Lipinski definition) is 2. The summed E-state index contributed by atoms with van der Waals surface area (Å²) in [6, 6.07) is 6.25. The Labute approximate surface area is 101 Å². The van der Waals surface area contributed by atoms with E-state index in [4.69, 9.17) is 22.1 Å². The molecule has 1 aromatic rings. The van der Waals surface area contributed by atoms with E-state index in [1.807, 2.05) is 6.07 Å². The van der Waals surface area contributed by atoms with E-state index in [0.29, 0.717) is 11.6 Å². The van der Waals surface area contributed by atoms with Crippen molar-refractivity contribution in [2.24, 2.45) is 5.73 Å². The second-order valence-corrected chi connectivity index (χ2v) is 4.70. The number of aryl methyl sites for hydroxylation is 1. The fourth-order valence-corrected chi connectivity index (χ4v) is 2.13. The molecule has 0 radical (unpaired) electrons. The summed E-state index contributed by atoms with van der Waals surface area (Å²) in [5.41, 5.74) is 8.60. The zero-order valence-corrected chi connectivity index (χ0v) is 9.96. The highest BCUT2D eigenvalue weighted by Gasteiger charge is 2.16. The van der Waals surface area contributed by atoms with Gasteiger partial charge in [-0.15, -0.1) is 0 Å². The van der Waals surface area contributed by atoms with E-state index >= 15 is 0 Å². The van der Waals surface area contributed by atoms with Crippen LogP contribution >= 0.6 is 11.6 Å². The minimum atomic E-state index is 0.181. The van der Waals surface area contributed by atoms with E-state index in [1.54, 1.807) is 0 Å². The van der Waals surface area contributed by atoms with Gasteiger partial charge >= 0.3 is 0 Å². The molecule has 0 aliphatic heterocycles. The van der Waals surface area contributed by atoms with E-state index < -0.39 is 0 Å². The Bertz CT molecular complexity index is 403. The van der Waals surface area contributed by atoms with Crippen molar-refractivity contribution < 1.29 is 4.74 Å². The van der Waals surface area contributed by atoms with Gasteiger partial charge in [-0.25, -0.2) is 0 Å². The Hall–Kier alpha value is -0.990. The molecule has 1 atom stereocenters. The minimum absolute atomic E-state index is 0.181. The number of benzene rings is 1. The molecule has 0 saturated heterocycles. The third kappa shape index (κ3) is 2.57. The smallest absolute Gasteiger partial charge is 0.123 e. The van der Waals surface area contributed by atoms with Crippen LogP contribution in [0.2, 0.25) is 0 Å². The molecule has 1 unspecified atom stereocenters. The third-order valence-electron chi connectivity index (χ3n) is 2.87. The Morgan fingerprint density at radius 3 is 3.12 bits per heavy atom. The highest BCUT2D eigenvalue weighted by atomic mass is 35.5. The minimum Gasteiger partial charge on any atom is -0.488 e. The van der Waals surface area contributed by atoms with Crippen molar-refractivity contribution in [2.75, 3.05) is 6.61 Å². The van der Waals surface area contributed by atoms with Crippen LogP contribution in [0.15, 0.2) is 29.8 Å². The van der Waals surface area contributed by atoms with Crippen LogP contribution in [0.25, 0.3) is 0 Å². The molecule has 16 heavy (non-hydrogen) atoms. The van der Waals surface area contributed by atoms with Gasteiger partial charge in [0.15, 0.2) is 0 Å². The van der Waals surface area contributed by atoms with Crippen LogP contribution in [0.3, 0.4) is 0 Å². The van der Waals surface area contributed by atoms with Gasteiger partial charge in [0, 0.05) is 11.1 Å². The second kappa shape index (κ2) is 4.89. The normalized spacial score (nSPS) is 19.0. The molecule has 0 amide bonds. The fourth-order valence-electron chi connectivity index (χ4n) is 2.08. The Morgan fingerprint density at radius 2 is 2.38 bits per heavy atom. The van der Waals surface area contributed by atoms with Crippen LogP contribution in [0.1, 0.15) is 30.0 Å². The van der Waals surface area contributed by atoms with Gasteiger partial charge in [-0.1, -0.05) is 24.2 Å². The topological polar surface area (TPSA) is 35.2 Å². The molecule has 0 saturated carbocycles. The molecule has 0 spiro atoms. The molecule has 1 aromatic carbocycles. The summed E-state index contributed by atoms with van der Waals surface area (Å²) < 4.78 is 5.50. The lowest BCUT2D eigenvalue weighted by Gasteiger charge is -2.22. The monoisotopic (exact) mass is 237 g/mol. The first kappa shape index (κ1) is 11.5. The zero-order chi connectivity index (χ0) is 11.5. The lowest BCUT2D eigenvalue weighted by molar-refractivity contribution is 0.358. The van der Waals surface area contributed by atoms with E-state index in [0.717, 1.165) is 25.0 Å². The van der Waals surface area contributed by atoms with Gasteiger partial charge in [-0.3, -0.25) is 0 Å². The number of nitrogens with two attached hydrogens (primary N) is 1. The lowest BCUT2D eigenvalue weighted by atomic mass is 9.88. The lowest BCUT2D eigenvalue weighted by Crippen LogP contribution is -2.17. The molecule has 0 fully saturated rings. The molecule has 0 bridgehead atoms. The number of rotatable bonds is 3. The van der Waals surface area contributed by atoms with Crippen molar-refractivity contribution in [1.29, 1.82) is 0 Å². The summed E-state index contributed by atoms with van der Waals surface area (Å²) in [5, 5.41) is 0.509. The Kier molecular flexibility index (Phi) is 3.52.